The standard InChI is InChI=1S/C9H5NO2/c1-6-3-11-4-7(6)2-9-8(1)10-5-12-9/h1-5H. The first-order valence-electron chi connectivity index (χ1n) is 3.63. The molecule has 3 heteroatoms. The molecule has 3 rings (SSSR count). The van der Waals surface area contributed by atoms with Crippen LogP contribution in [0.15, 0.2) is 39.9 Å². The van der Waals surface area contributed by atoms with Gasteiger partial charge in [0.15, 0.2) is 12.0 Å². The Bertz CT molecular complexity index is 444. The van der Waals surface area contributed by atoms with Crippen LogP contribution in [-0.4, -0.2) is 4.98 Å². The molecule has 3 aromatic rings. The van der Waals surface area contributed by atoms with Crippen molar-refractivity contribution in [3.8, 4) is 0 Å². The predicted molar refractivity (Wildman–Crippen MR) is 43.8 cm³/mol. The summed E-state index contributed by atoms with van der Waals surface area (Å²) in [6, 6.07) is 3.86. The number of aromatic nitrogens is 1. The number of rotatable bonds is 0. The van der Waals surface area contributed by atoms with Gasteiger partial charge < -0.3 is 8.83 Å². The second kappa shape index (κ2) is 1.88. The molecule has 0 saturated heterocycles. The minimum absolute atomic E-state index is 0.795. The fourth-order valence-electron chi connectivity index (χ4n) is 1.32. The highest BCUT2D eigenvalue weighted by Gasteiger charge is 2.01. The van der Waals surface area contributed by atoms with Crippen molar-refractivity contribution in [1.82, 2.24) is 4.98 Å². The molecule has 0 aliphatic rings. The van der Waals surface area contributed by atoms with Gasteiger partial charge in [0, 0.05) is 10.8 Å². The fourth-order valence-corrected chi connectivity index (χ4v) is 1.32. The van der Waals surface area contributed by atoms with E-state index in [-0.39, 0.29) is 0 Å². The Kier molecular flexibility index (Phi) is 0.913. The van der Waals surface area contributed by atoms with Gasteiger partial charge in [0.1, 0.15) is 5.52 Å². The summed E-state index contributed by atoms with van der Waals surface area (Å²) < 4.78 is 10.2. The second-order valence-corrected chi connectivity index (χ2v) is 2.67. The van der Waals surface area contributed by atoms with Crippen LogP contribution in [0.5, 0.6) is 0 Å². The monoisotopic (exact) mass is 159 g/mol. The zero-order valence-corrected chi connectivity index (χ0v) is 6.15. The van der Waals surface area contributed by atoms with Gasteiger partial charge in [0.2, 0.25) is 0 Å². The molecule has 0 aliphatic heterocycles. The third-order valence-electron chi connectivity index (χ3n) is 1.93. The summed E-state index contributed by atoms with van der Waals surface area (Å²) in [4.78, 5) is 4.04. The van der Waals surface area contributed by atoms with Crippen LogP contribution in [-0.2, 0) is 0 Å². The summed E-state index contributed by atoms with van der Waals surface area (Å²) in [5, 5.41) is 2.09. The number of fused-ring (bicyclic) bond motifs is 2. The first kappa shape index (κ1) is 5.83. The van der Waals surface area contributed by atoms with E-state index in [2.05, 4.69) is 4.98 Å². The molecule has 0 bridgehead atoms. The lowest BCUT2D eigenvalue weighted by Crippen LogP contribution is -1.66. The van der Waals surface area contributed by atoms with Crippen molar-refractivity contribution in [3.05, 3.63) is 31.1 Å². The third-order valence-corrected chi connectivity index (χ3v) is 1.93. The van der Waals surface area contributed by atoms with Gasteiger partial charge in [0.25, 0.3) is 0 Å². The zero-order valence-electron chi connectivity index (χ0n) is 6.15. The van der Waals surface area contributed by atoms with Crippen molar-refractivity contribution in [1.29, 1.82) is 0 Å². The molecule has 0 saturated carbocycles. The van der Waals surface area contributed by atoms with E-state index in [0.717, 1.165) is 21.9 Å². The third kappa shape index (κ3) is 0.625. The Morgan fingerprint density at radius 1 is 1.08 bits per heavy atom. The SMILES string of the molecule is c1nc2cc3cocc3cc2o1. The molecule has 0 aliphatic carbocycles. The van der Waals surface area contributed by atoms with Crippen LogP contribution >= 0.6 is 0 Å². The van der Waals surface area contributed by atoms with Gasteiger partial charge in [-0.15, -0.1) is 0 Å². The number of benzene rings is 1. The van der Waals surface area contributed by atoms with Crippen molar-refractivity contribution >= 4 is 21.9 Å². The first-order chi connectivity index (χ1) is 5.93. The fraction of sp³-hybridized carbons (Fsp3) is 0. The summed E-state index contributed by atoms with van der Waals surface area (Å²) in [7, 11) is 0. The molecule has 12 heavy (non-hydrogen) atoms. The average molecular weight is 159 g/mol. The van der Waals surface area contributed by atoms with Gasteiger partial charge in [-0.05, 0) is 12.1 Å². The Labute approximate surface area is 67.6 Å². The van der Waals surface area contributed by atoms with E-state index >= 15 is 0 Å². The smallest absolute Gasteiger partial charge is 0.181 e. The molecular formula is C9H5NO2. The molecule has 0 fully saturated rings. The average Bonchev–Trinajstić information content (AvgIpc) is 2.64. The van der Waals surface area contributed by atoms with E-state index in [0.29, 0.717) is 0 Å². The van der Waals surface area contributed by atoms with Gasteiger partial charge in [-0.2, -0.15) is 0 Å². The van der Waals surface area contributed by atoms with Gasteiger partial charge in [-0.1, -0.05) is 0 Å². The Morgan fingerprint density at radius 3 is 2.83 bits per heavy atom. The minimum Gasteiger partial charge on any atom is -0.471 e. The molecule has 0 spiro atoms. The van der Waals surface area contributed by atoms with Crippen molar-refractivity contribution in [2.45, 2.75) is 0 Å². The topological polar surface area (TPSA) is 39.2 Å². The maximum absolute atomic E-state index is 5.14. The van der Waals surface area contributed by atoms with E-state index in [1.165, 1.54) is 6.39 Å². The highest BCUT2D eigenvalue weighted by molar-refractivity contribution is 5.93. The lowest BCUT2D eigenvalue weighted by molar-refractivity contribution is 0.572. The molecule has 58 valence electrons. The number of hydrogen-bond acceptors (Lipinski definition) is 3. The first-order valence-corrected chi connectivity index (χ1v) is 3.63. The summed E-state index contributed by atoms with van der Waals surface area (Å²) in [6.07, 6.45) is 4.83. The van der Waals surface area contributed by atoms with Crippen LogP contribution in [0.3, 0.4) is 0 Å². The molecule has 0 atom stereocenters. The molecular weight excluding hydrogens is 154 g/mol. The number of furan rings is 1. The highest BCUT2D eigenvalue weighted by atomic mass is 16.3. The van der Waals surface area contributed by atoms with Gasteiger partial charge >= 0.3 is 0 Å². The summed E-state index contributed by atoms with van der Waals surface area (Å²) >= 11 is 0. The Hall–Kier alpha value is -1.77. The van der Waals surface area contributed by atoms with Crippen LogP contribution in [0, 0.1) is 0 Å². The molecule has 0 amide bonds. The maximum Gasteiger partial charge on any atom is 0.181 e. The van der Waals surface area contributed by atoms with Gasteiger partial charge in [-0.3, -0.25) is 0 Å². The Morgan fingerprint density at radius 2 is 1.92 bits per heavy atom. The van der Waals surface area contributed by atoms with E-state index < -0.39 is 0 Å². The lowest BCUT2D eigenvalue weighted by Gasteiger charge is -1.85. The predicted octanol–water partition coefficient (Wildman–Crippen LogP) is 2.57. The van der Waals surface area contributed by atoms with Gasteiger partial charge in [-0.25, -0.2) is 4.98 Å². The minimum atomic E-state index is 0.795. The summed E-state index contributed by atoms with van der Waals surface area (Å²) in [5.74, 6) is 0. The van der Waals surface area contributed by atoms with Crippen LogP contribution in [0.2, 0.25) is 0 Å². The van der Waals surface area contributed by atoms with Crippen molar-refractivity contribution in [3.63, 3.8) is 0 Å². The van der Waals surface area contributed by atoms with Gasteiger partial charge in [0.05, 0.1) is 12.5 Å². The second-order valence-electron chi connectivity index (χ2n) is 2.67. The van der Waals surface area contributed by atoms with Crippen molar-refractivity contribution < 1.29 is 8.83 Å². The maximum atomic E-state index is 5.14. The van der Waals surface area contributed by atoms with Crippen molar-refractivity contribution in [2.75, 3.05) is 0 Å². The van der Waals surface area contributed by atoms with E-state index in [9.17, 15) is 0 Å². The number of nitrogens with zero attached hydrogens (tertiary/aromatic N) is 1. The molecule has 1 aromatic carbocycles. The van der Waals surface area contributed by atoms with Crippen LogP contribution in [0.1, 0.15) is 0 Å². The molecule has 0 unspecified atom stereocenters. The highest BCUT2D eigenvalue weighted by Crippen LogP contribution is 2.22. The molecule has 0 radical (unpaired) electrons. The zero-order chi connectivity index (χ0) is 7.97. The van der Waals surface area contributed by atoms with Crippen LogP contribution < -0.4 is 0 Å². The Balaban J connectivity index is 2.62. The molecule has 3 nitrogen and oxygen atoms in total. The van der Waals surface area contributed by atoms with E-state index in [1.807, 2.05) is 12.1 Å². The lowest BCUT2D eigenvalue weighted by atomic mass is 10.2. The van der Waals surface area contributed by atoms with E-state index in [1.54, 1.807) is 12.5 Å². The number of oxazole rings is 1. The molecule has 2 aromatic heterocycles. The molecule has 0 N–H and O–H groups in total. The normalized spacial score (nSPS) is 11.3. The summed E-state index contributed by atoms with van der Waals surface area (Å²) in [6.45, 7) is 0. The number of hydrogen-bond donors (Lipinski definition) is 0. The molecule has 2 heterocycles. The summed E-state index contributed by atoms with van der Waals surface area (Å²) in [5.41, 5.74) is 1.66. The van der Waals surface area contributed by atoms with Crippen LogP contribution in [0.25, 0.3) is 21.9 Å². The van der Waals surface area contributed by atoms with E-state index in [4.69, 9.17) is 8.83 Å². The van der Waals surface area contributed by atoms with Crippen molar-refractivity contribution in [2.24, 2.45) is 0 Å². The van der Waals surface area contributed by atoms with Crippen LogP contribution in [0.4, 0.5) is 0 Å². The largest absolute Gasteiger partial charge is 0.471 e. The quantitative estimate of drug-likeness (QED) is 0.506.